The van der Waals surface area contributed by atoms with Gasteiger partial charge in [-0.25, -0.2) is 0 Å². The van der Waals surface area contributed by atoms with Crippen LogP contribution in [-0.2, 0) is 0 Å². The molecule has 0 radical (unpaired) electrons. The van der Waals surface area contributed by atoms with Crippen molar-refractivity contribution in [3.63, 3.8) is 0 Å². The summed E-state index contributed by atoms with van der Waals surface area (Å²) in [5.74, 6) is 6.54. The maximum Gasteiger partial charge on any atom is -0.0414 e. The molecule has 8 fully saturated rings. The first-order valence-electron chi connectivity index (χ1n) is 26.7. The molecule has 0 aromatic heterocycles. The molecule has 0 amide bonds. The van der Waals surface area contributed by atoms with Crippen molar-refractivity contribution < 1.29 is 0 Å². The first-order chi connectivity index (χ1) is 26.7. The Morgan fingerprint density at radius 3 is 0.444 bits per heavy atom. The third-order valence-electron chi connectivity index (χ3n) is 15.7. The van der Waals surface area contributed by atoms with Gasteiger partial charge in [0.05, 0.1) is 0 Å². The normalized spacial score (nSPS) is 25.7. The van der Waals surface area contributed by atoms with E-state index in [0.29, 0.717) is 0 Å². The van der Waals surface area contributed by atoms with Crippen LogP contribution in [0.15, 0.2) is 0 Å². The van der Waals surface area contributed by atoms with Crippen molar-refractivity contribution in [1.29, 1.82) is 0 Å². The van der Waals surface area contributed by atoms with Crippen LogP contribution in [0.3, 0.4) is 0 Å². The Bertz CT molecular complexity index is 601. The molecule has 0 heteroatoms. The van der Waals surface area contributed by atoms with Crippen molar-refractivity contribution in [3.8, 4) is 0 Å². The van der Waals surface area contributed by atoms with Gasteiger partial charge in [0.1, 0.15) is 0 Å². The van der Waals surface area contributed by atoms with E-state index in [9.17, 15) is 0 Å². The highest BCUT2D eigenvalue weighted by Gasteiger charge is 2.19. The molecule has 320 valence electrons. The monoisotopic (exact) mass is 753 g/mol. The Morgan fingerprint density at radius 2 is 0.315 bits per heavy atom. The molecule has 0 unspecified atom stereocenters. The number of hydrogen-bond acceptors (Lipinski definition) is 0. The highest BCUT2D eigenvalue weighted by Crippen LogP contribution is 2.34. The van der Waals surface area contributed by atoms with E-state index in [2.05, 4.69) is 13.8 Å². The summed E-state index contributed by atoms with van der Waals surface area (Å²) in [6, 6.07) is 0. The molecule has 0 aromatic rings. The fraction of sp³-hybridized carbons (Fsp3) is 1.00. The molecule has 0 spiro atoms. The summed E-state index contributed by atoms with van der Waals surface area (Å²) < 4.78 is 0. The lowest BCUT2D eigenvalue weighted by atomic mass is 9.80. The van der Waals surface area contributed by atoms with Gasteiger partial charge in [-0.3, -0.25) is 0 Å². The first kappa shape index (κ1) is 48.4. The summed E-state index contributed by atoms with van der Waals surface area (Å²) in [7, 11) is 0. The molecule has 0 aliphatic heterocycles. The molecule has 8 rings (SSSR count). The van der Waals surface area contributed by atoms with Gasteiger partial charge in [-0.15, -0.1) is 0 Å². The van der Waals surface area contributed by atoms with Crippen LogP contribution in [0.25, 0.3) is 0 Å². The zero-order valence-corrected chi connectivity index (χ0v) is 38.0. The van der Waals surface area contributed by atoms with E-state index in [1.165, 1.54) is 218 Å². The molecular weight excluding hydrogens is 649 g/mol. The van der Waals surface area contributed by atoms with E-state index < -0.39 is 0 Å². The molecule has 8 aliphatic carbocycles. The van der Waals surface area contributed by atoms with Gasteiger partial charge in [-0.2, -0.15) is 0 Å². The first-order valence-corrected chi connectivity index (χ1v) is 26.7. The Labute approximate surface area is 343 Å². The smallest absolute Gasteiger partial charge is 0.0414 e. The average molecular weight is 753 g/mol. The van der Waals surface area contributed by atoms with Crippen LogP contribution in [0.4, 0.5) is 0 Å². The van der Waals surface area contributed by atoms with Crippen LogP contribution < -0.4 is 0 Å². The summed E-state index contributed by atoms with van der Waals surface area (Å²) in [6.45, 7) is 4.72. The van der Waals surface area contributed by atoms with Crippen molar-refractivity contribution in [3.05, 3.63) is 0 Å². The standard InChI is InChI=1S/2C14H26.2C7H14.2C6H12/c2*1-3-7-13(8-4-1)11-12-14-9-5-2-6-10-14;2*1-7-5-3-2-4-6-7;2*1-2-4-6-5-3-1/h2*13-14H,1-12H2;2*7H,2-6H2,1H3;2*1-6H2. The SMILES string of the molecule is C1CCC(CCC2CCCCC2)CC1.C1CCC(CCC2CCCCC2)CC1.C1CCCCC1.C1CCCCC1.CC1CCCCC1.CC1CCCCC1. The summed E-state index contributed by atoms with van der Waals surface area (Å²) in [5, 5.41) is 0. The predicted octanol–water partition coefficient (Wildman–Crippen LogP) is 19.7. The van der Waals surface area contributed by atoms with E-state index in [0.717, 1.165) is 35.5 Å². The molecule has 0 N–H and O–H groups in total. The molecule has 0 bridgehead atoms. The fourth-order valence-corrected chi connectivity index (χ4v) is 11.6. The van der Waals surface area contributed by atoms with E-state index in [-0.39, 0.29) is 0 Å². The summed E-state index contributed by atoms with van der Waals surface area (Å²) in [5.41, 5.74) is 0. The Kier molecular flexibility index (Phi) is 31.3. The third-order valence-corrected chi connectivity index (χ3v) is 15.7. The van der Waals surface area contributed by atoms with Gasteiger partial charge in [0.2, 0.25) is 0 Å². The van der Waals surface area contributed by atoms with Crippen molar-refractivity contribution in [2.24, 2.45) is 35.5 Å². The third kappa shape index (κ3) is 27.6. The summed E-state index contributed by atoms with van der Waals surface area (Å²) in [6.07, 6.45) is 69.7. The quantitative estimate of drug-likeness (QED) is 0.253. The Hall–Kier alpha value is 0. The summed E-state index contributed by atoms with van der Waals surface area (Å²) in [4.78, 5) is 0. The largest absolute Gasteiger partial charge is 0.0625 e. The van der Waals surface area contributed by atoms with Crippen molar-refractivity contribution in [2.75, 3.05) is 0 Å². The van der Waals surface area contributed by atoms with E-state index in [1.54, 1.807) is 77.0 Å². The number of rotatable bonds is 6. The van der Waals surface area contributed by atoms with Crippen molar-refractivity contribution >= 4 is 0 Å². The van der Waals surface area contributed by atoms with Crippen LogP contribution in [0.2, 0.25) is 0 Å². The lowest BCUT2D eigenvalue weighted by molar-refractivity contribution is 0.273. The Morgan fingerprint density at radius 1 is 0.185 bits per heavy atom. The molecule has 8 saturated carbocycles. The van der Waals surface area contributed by atoms with Gasteiger partial charge in [-0.05, 0) is 35.5 Å². The van der Waals surface area contributed by atoms with Gasteiger partial charge >= 0.3 is 0 Å². The second-order valence-electron chi connectivity index (χ2n) is 20.9. The van der Waals surface area contributed by atoms with Crippen LogP contribution in [-0.4, -0.2) is 0 Å². The minimum atomic E-state index is 1.04. The lowest BCUT2D eigenvalue weighted by Gasteiger charge is -2.26. The van der Waals surface area contributed by atoms with Crippen molar-refractivity contribution in [1.82, 2.24) is 0 Å². The minimum absolute atomic E-state index is 1.04. The molecule has 0 nitrogen and oxygen atoms in total. The van der Waals surface area contributed by atoms with Crippen LogP contribution in [0.1, 0.15) is 309 Å². The second kappa shape index (κ2) is 35.0. The van der Waals surface area contributed by atoms with Crippen molar-refractivity contribution in [2.45, 2.75) is 309 Å². The average Bonchev–Trinajstić information content (AvgIpc) is 3.27. The van der Waals surface area contributed by atoms with Gasteiger partial charge in [0, 0.05) is 0 Å². The van der Waals surface area contributed by atoms with E-state index >= 15 is 0 Å². The van der Waals surface area contributed by atoms with Crippen LogP contribution in [0, 0.1) is 35.5 Å². The molecule has 0 heterocycles. The molecule has 8 aliphatic rings. The predicted molar refractivity (Wildman–Crippen MR) is 245 cm³/mol. The molecular formula is C54H104. The van der Waals surface area contributed by atoms with Gasteiger partial charge in [-0.1, -0.05) is 309 Å². The fourth-order valence-electron chi connectivity index (χ4n) is 11.6. The van der Waals surface area contributed by atoms with Gasteiger partial charge < -0.3 is 0 Å². The molecule has 54 heavy (non-hydrogen) atoms. The van der Waals surface area contributed by atoms with Crippen LogP contribution in [0.5, 0.6) is 0 Å². The highest BCUT2D eigenvalue weighted by atomic mass is 14.2. The second-order valence-corrected chi connectivity index (χ2v) is 20.9. The molecule has 0 atom stereocenters. The van der Waals surface area contributed by atoms with E-state index in [1.807, 2.05) is 0 Å². The minimum Gasteiger partial charge on any atom is -0.0625 e. The molecule has 0 aromatic carbocycles. The maximum atomic E-state index is 2.36. The zero-order valence-electron chi connectivity index (χ0n) is 38.0. The maximum absolute atomic E-state index is 2.36. The lowest BCUT2D eigenvalue weighted by Crippen LogP contribution is -2.11. The highest BCUT2D eigenvalue weighted by molar-refractivity contribution is 4.72. The van der Waals surface area contributed by atoms with Gasteiger partial charge in [0.15, 0.2) is 0 Å². The van der Waals surface area contributed by atoms with Gasteiger partial charge in [0.25, 0.3) is 0 Å². The summed E-state index contributed by atoms with van der Waals surface area (Å²) >= 11 is 0. The van der Waals surface area contributed by atoms with Crippen LogP contribution >= 0.6 is 0 Å². The number of hydrogen-bond donors (Lipinski definition) is 0. The molecule has 0 saturated heterocycles. The topological polar surface area (TPSA) is 0 Å². The van der Waals surface area contributed by atoms with E-state index in [4.69, 9.17) is 0 Å². The zero-order chi connectivity index (χ0) is 38.0. The Balaban J connectivity index is 0.000000182.